The Morgan fingerprint density at radius 3 is 2.76 bits per heavy atom. The molecule has 128 valence electrons. The molecule has 0 aliphatic rings. The lowest BCUT2D eigenvalue weighted by molar-refractivity contribution is 0.241. The van der Waals surface area contributed by atoms with Gasteiger partial charge in [-0.15, -0.1) is 0 Å². The lowest BCUT2D eigenvalue weighted by Gasteiger charge is -2.12. The minimum Gasteiger partial charge on any atom is -0.489 e. The topological polar surface area (TPSA) is 73.1 Å². The second kappa shape index (κ2) is 7.66. The molecule has 0 bridgehead atoms. The first-order chi connectivity index (χ1) is 12.1. The number of ether oxygens (including phenoxy) is 1. The Morgan fingerprint density at radius 1 is 1.08 bits per heavy atom. The van der Waals surface area contributed by atoms with Gasteiger partial charge in [0.2, 0.25) is 0 Å². The molecular weight excluding hydrogens is 312 g/mol. The minimum absolute atomic E-state index is 0.123. The summed E-state index contributed by atoms with van der Waals surface area (Å²) < 4.78 is 5.73. The van der Waals surface area contributed by atoms with Crippen LogP contribution in [-0.2, 0) is 6.54 Å². The van der Waals surface area contributed by atoms with E-state index < -0.39 is 0 Å². The molecule has 2 aromatic heterocycles. The van der Waals surface area contributed by atoms with Gasteiger partial charge >= 0.3 is 0 Å². The summed E-state index contributed by atoms with van der Waals surface area (Å²) in [5.41, 5.74) is 9.98. The fourth-order valence-corrected chi connectivity index (χ4v) is 2.54. The Hall–Kier alpha value is -3.08. The molecule has 3 aromatic rings. The molecule has 0 saturated heterocycles. The predicted octanol–water partition coefficient (Wildman–Crippen LogP) is 4.13. The number of pyridine rings is 2. The molecule has 0 saturated carbocycles. The number of anilines is 2. The number of rotatable bonds is 6. The van der Waals surface area contributed by atoms with E-state index in [4.69, 9.17) is 10.5 Å². The number of nitrogens with zero attached hydrogens (tertiary/aromatic N) is 2. The van der Waals surface area contributed by atoms with Crippen LogP contribution in [0.4, 0.5) is 11.5 Å². The van der Waals surface area contributed by atoms with E-state index in [9.17, 15) is 0 Å². The summed E-state index contributed by atoms with van der Waals surface area (Å²) in [4.78, 5) is 8.37. The van der Waals surface area contributed by atoms with Crippen LogP contribution in [0.15, 0.2) is 61.1 Å². The maximum atomic E-state index is 5.87. The number of nitrogens with two attached hydrogens (primary N) is 1. The van der Waals surface area contributed by atoms with Crippen molar-refractivity contribution in [2.24, 2.45) is 0 Å². The molecule has 0 aliphatic heterocycles. The monoisotopic (exact) mass is 334 g/mol. The van der Waals surface area contributed by atoms with Crippen molar-refractivity contribution >= 4 is 11.5 Å². The molecule has 0 fully saturated rings. The average Bonchev–Trinajstić information content (AvgIpc) is 2.61. The Kier molecular flexibility index (Phi) is 5.14. The van der Waals surface area contributed by atoms with Gasteiger partial charge in [-0.05, 0) is 49.2 Å². The molecule has 2 heterocycles. The molecule has 0 unspecified atom stereocenters. The van der Waals surface area contributed by atoms with E-state index >= 15 is 0 Å². The largest absolute Gasteiger partial charge is 0.489 e. The fraction of sp³-hybridized carbons (Fsp3) is 0.200. The summed E-state index contributed by atoms with van der Waals surface area (Å²) in [6.45, 7) is 4.67. The maximum Gasteiger partial charge on any atom is 0.146 e. The molecule has 1 aromatic carbocycles. The van der Waals surface area contributed by atoms with Gasteiger partial charge in [-0.2, -0.15) is 0 Å². The van der Waals surface area contributed by atoms with Crippen molar-refractivity contribution in [3.05, 3.63) is 66.6 Å². The second-order valence-corrected chi connectivity index (χ2v) is 6.07. The van der Waals surface area contributed by atoms with Crippen LogP contribution in [-0.4, -0.2) is 16.1 Å². The molecule has 25 heavy (non-hydrogen) atoms. The van der Waals surface area contributed by atoms with Gasteiger partial charge in [0.25, 0.3) is 0 Å². The molecule has 3 N–H and O–H groups in total. The van der Waals surface area contributed by atoms with E-state index in [0.717, 1.165) is 28.1 Å². The van der Waals surface area contributed by atoms with E-state index in [2.05, 4.69) is 33.5 Å². The van der Waals surface area contributed by atoms with Crippen molar-refractivity contribution < 1.29 is 4.74 Å². The summed E-state index contributed by atoms with van der Waals surface area (Å²) in [5.74, 6) is 1.28. The zero-order chi connectivity index (χ0) is 17.6. The van der Waals surface area contributed by atoms with Crippen LogP contribution in [0.25, 0.3) is 11.1 Å². The van der Waals surface area contributed by atoms with Crippen molar-refractivity contribution in [1.82, 2.24) is 9.97 Å². The highest BCUT2D eigenvalue weighted by Crippen LogP contribution is 2.24. The summed E-state index contributed by atoms with van der Waals surface area (Å²) in [5, 5.41) is 3.32. The highest BCUT2D eigenvalue weighted by Gasteiger charge is 2.05. The summed E-state index contributed by atoms with van der Waals surface area (Å²) in [6.07, 6.45) is 5.39. The Bertz CT molecular complexity index is 848. The number of benzene rings is 1. The van der Waals surface area contributed by atoms with E-state index in [1.54, 1.807) is 12.4 Å². The van der Waals surface area contributed by atoms with Crippen LogP contribution >= 0.6 is 0 Å². The normalized spacial score (nSPS) is 10.7. The van der Waals surface area contributed by atoms with Gasteiger partial charge in [0.1, 0.15) is 11.6 Å². The molecule has 0 atom stereocenters. The highest BCUT2D eigenvalue weighted by atomic mass is 16.5. The van der Waals surface area contributed by atoms with Crippen molar-refractivity contribution in [2.45, 2.75) is 26.5 Å². The zero-order valence-electron chi connectivity index (χ0n) is 14.4. The molecule has 5 nitrogen and oxygen atoms in total. The van der Waals surface area contributed by atoms with E-state index in [1.807, 2.05) is 44.3 Å². The molecule has 0 radical (unpaired) electrons. The average molecular weight is 334 g/mol. The highest BCUT2D eigenvalue weighted by molar-refractivity contribution is 5.65. The third-order valence-corrected chi connectivity index (χ3v) is 3.67. The lowest BCUT2D eigenvalue weighted by Crippen LogP contribution is -2.05. The fourth-order valence-electron chi connectivity index (χ4n) is 2.54. The van der Waals surface area contributed by atoms with Crippen molar-refractivity contribution in [2.75, 3.05) is 11.1 Å². The van der Waals surface area contributed by atoms with Crippen LogP contribution in [0.5, 0.6) is 5.75 Å². The zero-order valence-corrected chi connectivity index (χ0v) is 14.4. The number of hydrogen-bond donors (Lipinski definition) is 2. The first-order valence-corrected chi connectivity index (χ1v) is 8.27. The van der Waals surface area contributed by atoms with Gasteiger partial charge < -0.3 is 15.8 Å². The molecule has 0 spiro atoms. The Balaban J connectivity index is 1.76. The maximum absolute atomic E-state index is 5.87. The SMILES string of the molecule is CC(C)Oc1cncc(-c2cccc(CNc3cccnc3N)c2)c1. The molecule has 0 aliphatic carbocycles. The first-order valence-electron chi connectivity index (χ1n) is 8.27. The molecule has 3 rings (SSSR count). The van der Waals surface area contributed by atoms with E-state index in [-0.39, 0.29) is 6.10 Å². The van der Waals surface area contributed by atoms with Crippen LogP contribution < -0.4 is 15.8 Å². The number of nitrogen functional groups attached to an aromatic ring is 1. The van der Waals surface area contributed by atoms with Crippen molar-refractivity contribution in [3.63, 3.8) is 0 Å². The van der Waals surface area contributed by atoms with Gasteiger partial charge in [0, 0.05) is 24.5 Å². The lowest BCUT2D eigenvalue weighted by atomic mass is 10.0. The number of aromatic nitrogens is 2. The molecule has 0 amide bonds. The number of hydrogen-bond acceptors (Lipinski definition) is 5. The van der Waals surface area contributed by atoms with E-state index in [0.29, 0.717) is 12.4 Å². The van der Waals surface area contributed by atoms with Crippen LogP contribution in [0.1, 0.15) is 19.4 Å². The summed E-state index contributed by atoms with van der Waals surface area (Å²) in [7, 11) is 0. The van der Waals surface area contributed by atoms with Gasteiger partial charge in [-0.1, -0.05) is 18.2 Å². The Morgan fingerprint density at radius 2 is 1.96 bits per heavy atom. The first kappa shape index (κ1) is 16.8. The quantitative estimate of drug-likeness (QED) is 0.709. The van der Waals surface area contributed by atoms with Gasteiger partial charge in [-0.3, -0.25) is 4.98 Å². The molecule has 5 heteroatoms. The molecular formula is C20H22N4O. The van der Waals surface area contributed by atoms with Crippen molar-refractivity contribution in [1.29, 1.82) is 0 Å². The van der Waals surface area contributed by atoms with Gasteiger partial charge in [0.15, 0.2) is 0 Å². The smallest absolute Gasteiger partial charge is 0.146 e. The predicted molar refractivity (Wildman–Crippen MR) is 101 cm³/mol. The number of nitrogens with one attached hydrogen (secondary N) is 1. The van der Waals surface area contributed by atoms with Gasteiger partial charge in [-0.25, -0.2) is 4.98 Å². The minimum atomic E-state index is 0.123. The van der Waals surface area contributed by atoms with Crippen LogP contribution in [0.2, 0.25) is 0 Å². The summed E-state index contributed by atoms with van der Waals surface area (Å²) in [6, 6.07) is 14.1. The van der Waals surface area contributed by atoms with Crippen molar-refractivity contribution in [3.8, 4) is 16.9 Å². The third kappa shape index (κ3) is 4.47. The Labute approximate surface area is 147 Å². The van der Waals surface area contributed by atoms with E-state index in [1.165, 1.54) is 0 Å². The second-order valence-electron chi connectivity index (χ2n) is 6.07. The van der Waals surface area contributed by atoms with Crippen LogP contribution in [0.3, 0.4) is 0 Å². The summed E-state index contributed by atoms with van der Waals surface area (Å²) >= 11 is 0. The van der Waals surface area contributed by atoms with Crippen LogP contribution in [0, 0.1) is 0 Å². The van der Waals surface area contributed by atoms with Gasteiger partial charge in [0.05, 0.1) is 18.0 Å². The third-order valence-electron chi connectivity index (χ3n) is 3.67. The standard InChI is InChI=1S/C20H22N4O/c1-14(2)25-18-10-17(12-22-13-18)16-6-3-5-15(9-16)11-24-19-7-4-8-23-20(19)21/h3-10,12-14,24H,11H2,1-2H3,(H2,21,23).